The minimum atomic E-state index is -0.101. The Balaban J connectivity index is 2.52. The fraction of sp³-hybridized carbons (Fsp3) is 0.571. The third kappa shape index (κ3) is 5.57. The highest BCUT2D eigenvalue weighted by molar-refractivity contribution is 7.99. The van der Waals surface area contributed by atoms with Crippen LogP contribution in [0, 0.1) is 13.8 Å². The van der Waals surface area contributed by atoms with Crippen molar-refractivity contribution in [2.75, 3.05) is 19.0 Å². The number of aryl methyl sites for hydroxylation is 2. The predicted molar refractivity (Wildman–Crippen MR) is 73.7 cm³/mol. The number of hydrogen-bond donors (Lipinski definition) is 0. The molecule has 3 heteroatoms. The molecule has 0 saturated heterocycles. The standard InChI is InChI=1S/C14H22O2S/c1-5-15-14(16-6-2)10-17-13-8-11(3)7-12(4)9-13/h7-9,14H,5-6,10H2,1-4H3. The minimum absolute atomic E-state index is 0.101. The summed E-state index contributed by atoms with van der Waals surface area (Å²) < 4.78 is 11.0. The molecule has 2 nitrogen and oxygen atoms in total. The Morgan fingerprint density at radius 1 is 1.00 bits per heavy atom. The predicted octanol–water partition coefficient (Wildman–Crippen LogP) is 3.79. The van der Waals surface area contributed by atoms with Crippen molar-refractivity contribution < 1.29 is 9.47 Å². The maximum atomic E-state index is 5.52. The SMILES string of the molecule is CCOC(CSc1cc(C)cc(C)c1)OCC. The van der Waals surface area contributed by atoms with Gasteiger partial charge in [0.1, 0.15) is 0 Å². The van der Waals surface area contributed by atoms with Gasteiger partial charge in [-0.05, 0) is 51.0 Å². The quantitative estimate of drug-likeness (QED) is 0.545. The van der Waals surface area contributed by atoms with Crippen molar-refractivity contribution in [3.05, 3.63) is 29.3 Å². The van der Waals surface area contributed by atoms with Gasteiger partial charge in [0.05, 0.1) is 0 Å². The first kappa shape index (κ1) is 14.6. The Labute approximate surface area is 109 Å². The lowest BCUT2D eigenvalue weighted by molar-refractivity contribution is -0.120. The summed E-state index contributed by atoms with van der Waals surface area (Å²) in [5.74, 6) is 0.838. The second-order valence-corrected chi connectivity index (χ2v) is 5.07. The molecule has 0 N–H and O–H groups in total. The Hall–Kier alpha value is -0.510. The molecule has 0 aliphatic heterocycles. The van der Waals surface area contributed by atoms with Gasteiger partial charge in [-0.25, -0.2) is 0 Å². The van der Waals surface area contributed by atoms with Crippen molar-refractivity contribution in [1.82, 2.24) is 0 Å². The average molecular weight is 254 g/mol. The lowest BCUT2D eigenvalue weighted by atomic mass is 10.2. The first-order valence-corrected chi connectivity index (χ1v) is 7.08. The van der Waals surface area contributed by atoms with Gasteiger partial charge in [-0.3, -0.25) is 0 Å². The Morgan fingerprint density at radius 3 is 2.00 bits per heavy atom. The van der Waals surface area contributed by atoms with Crippen molar-refractivity contribution >= 4 is 11.8 Å². The molecular weight excluding hydrogens is 232 g/mol. The van der Waals surface area contributed by atoms with Crippen molar-refractivity contribution in [3.8, 4) is 0 Å². The number of thioether (sulfide) groups is 1. The van der Waals surface area contributed by atoms with Gasteiger partial charge in [0.2, 0.25) is 0 Å². The van der Waals surface area contributed by atoms with Crippen LogP contribution in [-0.4, -0.2) is 25.3 Å². The molecule has 0 amide bonds. The summed E-state index contributed by atoms with van der Waals surface area (Å²) in [6.07, 6.45) is -0.101. The molecule has 1 aromatic carbocycles. The smallest absolute Gasteiger partial charge is 0.166 e. The summed E-state index contributed by atoms with van der Waals surface area (Å²) in [6, 6.07) is 6.59. The van der Waals surface area contributed by atoms with Gasteiger partial charge in [-0.1, -0.05) is 6.07 Å². The van der Waals surface area contributed by atoms with Crippen molar-refractivity contribution in [1.29, 1.82) is 0 Å². The van der Waals surface area contributed by atoms with Crippen LogP contribution in [0.3, 0.4) is 0 Å². The van der Waals surface area contributed by atoms with Gasteiger partial charge in [0.15, 0.2) is 6.29 Å². The first-order valence-electron chi connectivity index (χ1n) is 6.10. The van der Waals surface area contributed by atoms with Gasteiger partial charge in [0.25, 0.3) is 0 Å². The highest BCUT2D eigenvalue weighted by Gasteiger charge is 2.08. The van der Waals surface area contributed by atoms with Crippen molar-refractivity contribution in [2.24, 2.45) is 0 Å². The molecule has 0 aliphatic carbocycles. The van der Waals surface area contributed by atoms with E-state index >= 15 is 0 Å². The molecule has 0 radical (unpaired) electrons. The van der Waals surface area contributed by atoms with Crippen molar-refractivity contribution in [2.45, 2.75) is 38.9 Å². The molecule has 0 fully saturated rings. The molecule has 0 unspecified atom stereocenters. The third-order valence-corrected chi connectivity index (χ3v) is 3.29. The molecule has 1 rings (SSSR count). The van der Waals surface area contributed by atoms with Gasteiger partial charge >= 0.3 is 0 Å². The van der Waals surface area contributed by atoms with Crippen LogP contribution in [0.25, 0.3) is 0 Å². The largest absolute Gasteiger partial charge is 0.352 e. The lowest BCUT2D eigenvalue weighted by Crippen LogP contribution is -2.19. The number of benzene rings is 1. The number of rotatable bonds is 7. The normalized spacial score (nSPS) is 11.1. The van der Waals surface area contributed by atoms with Crippen LogP contribution in [0.2, 0.25) is 0 Å². The zero-order valence-electron chi connectivity index (χ0n) is 11.2. The Bertz CT molecular complexity index is 313. The summed E-state index contributed by atoms with van der Waals surface area (Å²) >= 11 is 1.79. The van der Waals surface area contributed by atoms with E-state index in [0.717, 1.165) is 5.75 Å². The van der Waals surface area contributed by atoms with E-state index in [1.807, 2.05) is 13.8 Å². The topological polar surface area (TPSA) is 18.5 Å². The van der Waals surface area contributed by atoms with Crippen LogP contribution in [0.5, 0.6) is 0 Å². The second-order valence-electron chi connectivity index (χ2n) is 3.97. The summed E-state index contributed by atoms with van der Waals surface area (Å²) in [4.78, 5) is 1.28. The molecular formula is C14H22O2S. The lowest BCUT2D eigenvalue weighted by Gasteiger charge is -2.16. The second kappa shape index (κ2) is 7.75. The molecule has 17 heavy (non-hydrogen) atoms. The molecule has 0 bridgehead atoms. The monoisotopic (exact) mass is 254 g/mol. The maximum Gasteiger partial charge on any atom is 0.166 e. The van der Waals surface area contributed by atoms with Gasteiger partial charge in [-0.2, -0.15) is 0 Å². The van der Waals surface area contributed by atoms with Crippen LogP contribution in [0.4, 0.5) is 0 Å². The van der Waals surface area contributed by atoms with Crippen molar-refractivity contribution in [3.63, 3.8) is 0 Å². The van der Waals surface area contributed by atoms with Crippen LogP contribution < -0.4 is 0 Å². The number of ether oxygens (including phenoxy) is 2. The first-order chi connectivity index (χ1) is 8.15. The maximum absolute atomic E-state index is 5.52. The summed E-state index contributed by atoms with van der Waals surface area (Å²) in [5.41, 5.74) is 2.61. The average Bonchev–Trinajstić information content (AvgIpc) is 2.25. The molecule has 0 aliphatic rings. The number of hydrogen-bond acceptors (Lipinski definition) is 3. The van der Waals surface area contributed by atoms with E-state index in [2.05, 4.69) is 32.0 Å². The van der Waals surface area contributed by atoms with Crippen LogP contribution in [0.15, 0.2) is 23.1 Å². The van der Waals surface area contributed by atoms with E-state index in [0.29, 0.717) is 13.2 Å². The fourth-order valence-electron chi connectivity index (χ4n) is 1.70. The van der Waals surface area contributed by atoms with E-state index in [1.54, 1.807) is 11.8 Å². The molecule has 0 atom stereocenters. The van der Waals surface area contributed by atoms with E-state index in [9.17, 15) is 0 Å². The van der Waals surface area contributed by atoms with Crippen LogP contribution >= 0.6 is 11.8 Å². The molecule has 0 saturated carbocycles. The molecule has 0 spiro atoms. The zero-order valence-corrected chi connectivity index (χ0v) is 12.0. The van der Waals surface area contributed by atoms with Crippen LogP contribution in [0.1, 0.15) is 25.0 Å². The highest BCUT2D eigenvalue weighted by atomic mass is 32.2. The molecule has 0 aromatic heterocycles. The zero-order chi connectivity index (χ0) is 12.7. The third-order valence-electron chi connectivity index (χ3n) is 2.29. The summed E-state index contributed by atoms with van der Waals surface area (Å²) in [5, 5.41) is 0. The van der Waals surface area contributed by atoms with Crippen LogP contribution in [-0.2, 0) is 9.47 Å². The van der Waals surface area contributed by atoms with E-state index < -0.39 is 0 Å². The molecule has 1 aromatic rings. The Morgan fingerprint density at radius 2 is 1.53 bits per heavy atom. The molecule has 0 heterocycles. The van der Waals surface area contributed by atoms with Gasteiger partial charge in [0, 0.05) is 23.9 Å². The highest BCUT2D eigenvalue weighted by Crippen LogP contribution is 2.22. The summed E-state index contributed by atoms with van der Waals surface area (Å²) in [7, 11) is 0. The summed E-state index contributed by atoms with van der Waals surface area (Å²) in [6.45, 7) is 9.62. The van der Waals surface area contributed by atoms with E-state index in [4.69, 9.17) is 9.47 Å². The molecule has 96 valence electrons. The minimum Gasteiger partial charge on any atom is -0.352 e. The Kier molecular flexibility index (Phi) is 6.63. The van der Waals surface area contributed by atoms with Gasteiger partial charge in [-0.15, -0.1) is 11.8 Å². The fourth-order valence-corrected chi connectivity index (χ4v) is 2.76. The van der Waals surface area contributed by atoms with E-state index in [-0.39, 0.29) is 6.29 Å². The van der Waals surface area contributed by atoms with Gasteiger partial charge < -0.3 is 9.47 Å². The van der Waals surface area contributed by atoms with E-state index in [1.165, 1.54) is 16.0 Å².